The number of carbonyl (C=O) groups excluding carboxylic acids is 10. The number of nitrogens with two attached hydrogens (primary N) is 3. The first kappa shape index (κ1) is 110. The third kappa shape index (κ3) is 56.2. The summed E-state index contributed by atoms with van der Waals surface area (Å²) in [6.45, 7) is 9.53. The van der Waals surface area contributed by atoms with E-state index in [1.807, 2.05) is 163 Å². The molecule has 8 unspecified atom stereocenters. The Hall–Kier alpha value is -7.37. The van der Waals surface area contributed by atoms with Gasteiger partial charge in [0.05, 0.1) is 6.04 Å². The van der Waals surface area contributed by atoms with Crippen LogP contribution in [0.1, 0.15) is 92.9 Å². The van der Waals surface area contributed by atoms with E-state index in [-0.39, 0.29) is 97.4 Å². The minimum absolute atomic E-state index is 0.0280. The van der Waals surface area contributed by atoms with Crippen LogP contribution in [-0.4, -0.2) is 105 Å². The molecule has 0 spiro atoms. The third-order valence-electron chi connectivity index (χ3n) is 14.9. The first-order valence-electron chi connectivity index (χ1n) is 36.6. The highest BCUT2D eigenvalue weighted by Crippen LogP contribution is 3.12. The molecule has 6 aromatic rings. The van der Waals surface area contributed by atoms with Crippen molar-refractivity contribution in [2.75, 3.05) is 20.1 Å². The summed E-state index contributed by atoms with van der Waals surface area (Å²) in [7, 11) is 19.7. The number of esters is 4. The van der Waals surface area contributed by atoms with E-state index in [4.69, 9.17) is 24.5 Å². The van der Waals surface area contributed by atoms with E-state index in [0.717, 1.165) is 46.9 Å². The van der Waals surface area contributed by atoms with Crippen LogP contribution in [0.5, 0.6) is 0 Å². The van der Waals surface area contributed by atoms with Crippen LogP contribution in [0.3, 0.4) is 0 Å². The molecule has 12 atom stereocenters. The molecule has 2 aliphatic rings. The van der Waals surface area contributed by atoms with Gasteiger partial charge in [-0.15, -0.1) is 53.6 Å². The van der Waals surface area contributed by atoms with Gasteiger partial charge in [0, 0.05) is 48.1 Å². The maximum Gasteiger partial charge on any atom is 0.415 e. The van der Waals surface area contributed by atoms with Gasteiger partial charge < -0.3 is 72.5 Å². The lowest BCUT2D eigenvalue weighted by molar-refractivity contribution is -0.146. The van der Waals surface area contributed by atoms with Crippen LogP contribution in [0, 0.1) is 11.4 Å². The Morgan fingerprint density at radius 1 is 0.521 bits per heavy atom. The zero-order chi connectivity index (χ0) is 89.3. The Balaban J connectivity index is 0.000000533. The van der Waals surface area contributed by atoms with Gasteiger partial charge >= 0.3 is 48.3 Å². The number of ether oxygens (including phenoxy) is 6. The molecule has 6 aromatic carbocycles. The Labute approximate surface area is 732 Å². The number of Topliss-reactive ketones (excluding diaryl/α,β-unsaturated/α-hetero) is 1. The lowest BCUT2D eigenvalue weighted by Crippen LogP contribution is -2.36. The van der Waals surface area contributed by atoms with E-state index in [2.05, 4.69) is 215 Å². The summed E-state index contributed by atoms with van der Waals surface area (Å²) in [5.41, 5.74) is 9.62. The summed E-state index contributed by atoms with van der Waals surface area (Å²) < 4.78 is 29.4. The van der Waals surface area contributed by atoms with Crippen molar-refractivity contribution < 1.29 is 76.4 Å². The van der Waals surface area contributed by atoms with Crippen LogP contribution in [0.4, 0.5) is 19.2 Å². The van der Waals surface area contributed by atoms with Crippen molar-refractivity contribution in [1.29, 1.82) is 5.53 Å². The van der Waals surface area contributed by atoms with Gasteiger partial charge in [0.1, 0.15) is 51.5 Å². The molecule has 0 aliphatic carbocycles. The Bertz CT molecular complexity index is 4140. The molecular formula is C71H105N20O16P11S2Si. The van der Waals surface area contributed by atoms with Crippen molar-refractivity contribution in [3.8, 4) is 0 Å². The first-order valence-corrected chi connectivity index (χ1v) is 61.6. The standard InChI is InChI=1S/C34H40N2O6S.C15H18N2O5.C13H13NO5.C9H14SSi.H4N8.H3N7.H13P11/c1-35-30(19-11-12-22-36-34(40)42-25-27-15-7-3-8-16-27)31(37)23-28(33(39)43-29-17-9-4-10-18-29)20-21-32(38)41-24-26-13-5-2-6-14-26;18-13-12(17-15(20)22-13)8-4-5-9-16-14(19)21-10-11-6-2-1-3-7-11;15-11(18-8-9-4-2-1-3-5-9)7-6-10-12(16)19-13(17)14-10;1-11(2,3)10-9-7-5-4-6-8-9;1-3-5-7-8-6-4-2;1-3-5-7-6-4-2;1-7-10(6)11(8(2)3)9(4)5/h2-10,13-18,28,30,35H,11-12,19-25H2,1H3,(H,36,40);1-3,6-7,12H,4-5,8-10H2,(H,16,19)(H,17,20);1-5,10H,6-8H2,(H,14,17);4-8H,1-3H3;(H2,1,4,5,8)(H2,2,3,6,7);(H3,1,2,5,6);7H,1-6H2/t28-,30+;12-;10-;;;;/m100..../s1. The minimum atomic E-state index is -0.981. The quantitative estimate of drug-likeness (QED) is 0.00165. The molecule has 50 heteroatoms. The van der Waals surface area contributed by atoms with E-state index in [1.54, 1.807) is 7.05 Å². The number of hydrogen-bond acceptors (Lipinski definition) is 23. The lowest BCUT2D eigenvalue weighted by atomic mass is 9.93. The monoisotopic (exact) mass is 1930 g/mol. The summed E-state index contributed by atoms with van der Waals surface area (Å²) >= 11 is 3.13. The SMILES string of the molecule is CN[C@@H](CCCCNC(=O)OCc1ccccc1)C(=O)C[C@@H](CCC(=O)OCc1ccccc1)C(=O)Sc1ccccc1.C[Si](C)(C)Sc1ccccc1.N/N=N/N=N/N=N/N.N=N/N=N/N=N/N.O=C(CC[C@@H]1NC(=O)OC1=O)OCc1ccccc1.O=C(NCCCC[C@@H]1NC(=O)OC1=O)OCc1ccccc1.PPP(P)P(P(P)P)P(P)P. The van der Waals surface area contributed by atoms with Crippen molar-refractivity contribution in [2.24, 2.45) is 80.9 Å². The topological polar surface area (TPSA) is 524 Å². The molecule has 2 fully saturated rings. The predicted octanol–water partition coefficient (Wildman–Crippen LogP) is 19.1. The highest BCUT2D eigenvalue weighted by Gasteiger charge is 2.34. The molecule has 0 saturated carbocycles. The fraction of sp³-hybridized carbons (Fsp3) is 0.352. The van der Waals surface area contributed by atoms with Gasteiger partial charge in [-0.2, -0.15) is 16.7 Å². The van der Waals surface area contributed by atoms with Crippen LogP contribution in [-0.2, 0) is 83.6 Å². The van der Waals surface area contributed by atoms with Crippen molar-refractivity contribution in [1.82, 2.24) is 26.6 Å². The van der Waals surface area contributed by atoms with E-state index in [9.17, 15) is 47.9 Å². The van der Waals surface area contributed by atoms with E-state index in [1.165, 1.54) is 4.90 Å². The zero-order valence-corrected chi connectivity index (χ0v) is 81.0. The van der Waals surface area contributed by atoms with Gasteiger partial charge in [0.25, 0.3) is 0 Å². The largest absolute Gasteiger partial charge is 0.461 e. The molecule has 0 aromatic heterocycles. The van der Waals surface area contributed by atoms with Crippen molar-refractivity contribution in [3.05, 3.63) is 204 Å². The van der Waals surface area contributed by atoms with Crippen LogP contribution in [0.15, 0.2) is 249 Å². The first-order chi connectivity index (χ1) is 58.1. The molecule has 0 radical (unpaired) electrons. The average molecular weight is 1930 g/mol. The second-order valence-electron chi connectivity index (χ2n) is 25.2. The molecule has 8 rings (SSSR count). The molecule has 0 bridgehead atoms. The number of unbranched alkanes of at least 4 members (excludes halogenated alkanes) is 2. The summed E-state index contributed by atoms with van der Waals surface area (Å²) in [6, 6.07) is 55.7. The number of amides is 4. The fourth-order valence-corrected chi connectivity index (χ4v) is 109. The minimum Gasteiger partial charge on any atom is -0.461 e. The number of carbonyl (C=O) groups is 10. The van der Waals surface area contributed by atoms with Gasteiger partial charge in [-0.1, -0.05) is 213 Å². The Morgan fingerprint density at radius 2 is 0.901 bits per heavy atom. The summed E-state index contributed by atoms with van der Waals surface area (Å²) in [5, 5.41) is 43.5. The number of nitrogens with one attached hydrogen (secondary N) is 6. The molecule has 2 saturated heterocycles. The molecule has 36 nitrogen and oxygen atoms in total. The number of ketones is 1. The number of benzene rings is 6. The zero-order valence-electron chi connectivity index (χ0n) is 66.9. The smallest absolute Gasteiger partial charge is 0.415 e. The summed E-state index contributed by atoms with van der Waals surface area (Å²) in [6.07, 6.45) is 1.88. The van der Waals surface area contributed by atoms with Gasteiger partial charge in [0.15, 0.2) is 5.12 Å². The van der Waals surface area contributed by atoms with Crippen molar-refractivity contribution in [2.45, 2.75) is 145 Å². The highest BCUT2D eigenvalue weighted by molar-refractivity contribution is 9.18. The van der Waals surface area contributed by atoms with Gasteiger partial charge in [-0.3, -0.25) is 19.2 Å². The number of cyclic esters (lactones) is 4. The molecular weight excluding hydrogens is 1820 g/mol. The Morgan fingerprint density at radius 3 is 1.26 bits per heavy atom. The normalized spacial score (nSPS) is 14.1. The van der Waals surface area contributed by atoms with E-state index >= 15 is 0 Å². The van der Waals surface area contributed by atoms with Crippen LogP contribution in [0.2, 0.25) is 19.6 Å². The molecule has 4 amide bonds. The molecule has 2 aliphatic heterocycles. The maximum absolute atomic E-state index is 13.3. The van der Waals surface area contributed by atoms with Gasteiger partial charge in [0.2, 0.25) is 0 Å². The van der Waals surface area contributed by atoms with Crippen molar-refractivity contribution >= 4 is 179 Å². The van der Waals surface area contributed by atoms with E-state index < -0.39 is 79.5 Å². The molecule has 2 heterocycles. The highest BCUT2D eigenvalue weighted by atomic mass is 33.2. The van der Waals surface area contributed by atoms with Crippen LogP contribution in [0.25, 0.3) is 0 Å². The summed E-state index contributed by atoms with van der Waals surface area (Å²) in [5.74, 6) is 10.8. The Kier molecular flexibility index (Phi) is 62.5. The second kappa shape index (κ2) is 69.0. The van der Waals surface area contributed by atoms with Crippen LogP contribution < -0.4 is 44.1 Å². The maximum atomic E-state index is 13.3. The third-order valence-corrected chi connectivity index (χ3v) is 78.7. The number of rotatable bonds is 40. The molecule has 656 valence electrons. The van der Waals surface area contributed by atoms with E-state index in [0.29, 0.717) is 51.6 Å². The number of nitrogens with zero attached hydrogens (tertiary/aromatic N) is 11. The van der Waals surface area contributed by atoms with Gasteiger partial charge in [-0.25, -0.2) is 28.8 Å². The van der Waals surface area contributed by atoms with Crippen LogP contribution >= 0.6 is 112 Å². The number of thioether (sulfide) groups is 1. The lowest BCUT2D eigenvalue weighted by Gasteiger charge is -2.29. The van der Waals surface area contributed by atoms with Crippen molar-refractivity contribution in [3.63, 3.8) is 0 Å². The fourth-order valence-electron chi connectivity index (χ4n) is 9.44. The summed E-state index contributed by atoms with van der Waals surface area (Å²) in [4.78, 5) is 120. The molecule has 121 heavy (non-hydrogen) atoms. The molecule has 12 N–H and O–H groups in total. The average Bonchev–Trinajstić information content (AvgIpc) is 1.88. The van der Waals surface area contributed by atoms with Gasteiger partial charge in [-0.05, 0) is 175 Å². The second-order valence-corrected chi connectivity index (χ2v) is 74.5. The predicted molar refractivity (Wildman–Crippen MR) is 500 cm³/mol. The number of likely N-dealkylation sites (N-methyl/N-ethyl adjacent to an activating group) is 1. The number of hydrogen-bond donors (Lipinski definition) is 9. The number of alkyl carbamates (subject to hydrolysis) is 4.